The van der Waals surface area contributed by atoms with Crippen molar-refractivity contribution in [2.24, 2.45) is 5.92 Å². The van der Waals surface area contributed by atoms with Crippen LogP contribution >= 0.6 is 0 Å². The fourth-order valence-corrected chi connectivity index (χ4v) is 2.75. The number of nitriles is 1. The van der Waals surface area contributed by atoms with Gasteiger partial charge in [-0.05, 0) is 44.4 Å². The summed E-state index contributed by atoms with van der Waals surface area (Å²) < 4.78 is 5.74. The minimum absolute atomic E-state index is 0.614. The number of likely N-dealkylation sites (tertiary alicyclic amines) is 1. The maximum atomic E-state index is 9.00. The fraction of sp³-hybridized carbons (Fsp3) is 0.562. The fourth-order valence-electron chi connectivity index (χ4n) is 2.75. The highest BCUT2D eigenvalue weighted by atomic mass is 16.5. The molecule has 3 nitrogen and oxygen atoms in total. The summed E-state index contributed by atoms with van der Waals surface area (Å²) in [5, 5.41) is 9.00. The van der Waals surface area contributed by atoms with E-state index in [1.165, 1.54) is 12.8 Å². The molecule has 0 spiro atoms. The predicted octanol–water partition coefficient (Wildman–Crippen LogP) is 3.06. The molecule has 1 aliphatic rings. The number of rotatable bonds is 4. The highest BCUT2D eigenvalue weighted by Crippen LogP contribution is 2.22. The van der Waals surface area contributed by atoms with Gasteiger partial charge in [0, 0.05) is 12.6 Å². The van der Waals surface area contributed by atoms with Gasteiger partial charge in [-0.2, -0.15) is 5.26 Å². The van der Waals surface area contributed by atoms with Crippen LogP contribution in [0.25, 0.3) is 0 Å². The number of hydrogen-bond donors (Lipinski definition) is 0. The first kappa shape index (κ1) is 13.9. The summed E-state index contributed by atoms with van der Waals surface area (Å²) in [6.45, 7) is 7.36. The number of hydrogen-bond acceptors (Lipinski definition) is 3. The summed E-state index contributed by atoms with van der Waals surface area (Å²) in [6, 6.07) is 10.2. The zero-order valence-corrected chi connectivity index (χ0v) is 11.8. The average Bonchev–Trinajstić information content (AvgIpc) is 2.42. The molecule has 2 unspecified atom stereocenters. The molecule has 1 aromatic carbocycles. The number of nitrogens with zero attached hydrogens (tertiary/aromatic N) is 2. The van der Waals surface area contributed by atoms with Crippen LogP contribution < -0.4 is 4.74 Å². The third-order valence-electron chi connectivity index (χ3n) is 3.92. The van der Waals surface area contributed by atoms with Gasteiger partial charge in [0.25, 0.3) is 0 Å². The van der Waals surface area contributed by atoms with Crippen molar-refractivity contribution in [3.63, 3.8) is 0 Å². The van der Waals surface area contributed by atoms with E-state index in [9.17, 15) is 0 Å². The lowest BCUT2D eigenvalue weighted by Gasteiger charge is -2.36. The summed E-state index contributed by atoms with van der Waals surface area (Å²) in [6.07, 6.45) is 2.55. The van der Waals surface area contributed by atoms with Gasteiger partial charge in [-0.3, -0.25) is 4.90 Å². The Labute approximate surface area is 115 Å². The average molecular weight is 258 g/mol. The standard InChI is InChI=1S/C16H22N2O/c1-13-7-8-18(14(2)11-13)9-10-19-16-6-4-3-5-15(16)12-17/h3-6,13-14H,7-11H2,1-2H3. The lowest BCUT2D eigenvalue weighted by Crippen LogP contribution is -2.42. The molecular weight excluding hydrogens is 236 g/mol. The Bertz CT molecular complexity index is 452. The third kappa shape index (κ3) is 3.71. The Morgan fingerprint density at radius 2 is 2.16 bits per heavy atom. The first-order chi connectivity index (χ1) is 9.20. The van der Waals surface area contributed by atoms with Gasteiger partial charge in [-0.25, -0.2) is 0 Å². The highest BCUT2D eigenvalue weighted by molar-refractivity contribution is 5.42. The lowest BCUT2D eigenvalue weighted by atomic mass is 9.93. The SMILES string of the molecule is CC1CCN(CCOc2ccccc2C#N)C(C)C1. The van der Waals surface area contributed by atoms with Crippen molar-refractivity contribution in [1.82, 2.24) is 4.90 Å². The van der Waals surface area contributed by atoms with E-state index in [0.29, 0.717) is 24.0 Å². The minimum atomic E-state index is 0.614. The van der Waals surface area contributed by atoms with Gasteiger partial charge in [-0.1, -0.05) is 19.1 Å². The van der Waals surface area contributed by atoms with E-state index < -0.39 is 0 Å². The number of benzene rings is 1. The molecule has 19 heavy (non-hydrogen) atoms. The van der Waals surface area contributed by atoms with Crippen LogP contribution in [-0.4, -0.2) is 30.6 Å². The summed E-state index contributed by atoms with van der Waals surface area (Å²) in [4.78, 5) is 2.48. The lowest BCUT2D eigenvalue weighted by molar-refractivity contribution is 0.109. The van der Waals surface area contributed by atoms with E-state index in [1.807, 2.05) is 18.2 Å². The van der Waals surface area contributed by atoms with Crippen molar-refractivity contribution >= 4 is 0 Å². The second-order valence-electron chi connectivity index (χ2n) is 5.47. The Morgan fingerprint density at radius 1 is 1.37 bits per heavy atom. The van der Waals surface area contributed by atoms with E-state index in [1.54, 1.807) is 6.07 Å². The zero-order chi connectivity index (χ0) is 13.7. The van der Waals surface area contributed by atoms with E-state index in [2.05, 4.69) is 24.8 Å². The second kappa shape index (κ2) is 6.58. The molecule has 0 aliphatic carbocycles. The summed E-state index contributed by atoms with van der Waals surface area (Å²) in [5.41, 5.74) is 0.614. The number of piperidine rings is 1. The molecule has 0 bridgehead atoms. The van der Waals surface area contributed by atoms with Crippen LogP contribution in [0.3, 0.4) is 0 Å². The largest absolute Gasteiger partial charge is 0.491 e. The molecule has 102 valence electrons. The molecule has 0 radical (unpaired) electrons. The molecule has 1 saturated heterocycles. The van der Waals surface area contributed by atoms with E-state index in [4.69, 9.17) is 10.00 Å². The van der Waals surface area contributed by atoms with Gasteiger partial charge in [0.2, 0.25) is 0 Å². The Morgan fingerprint density at radius 3 is 2.89 bits per heavy atom. The molecule has 1 aromatic rings. The molecule has 0 amide bonds. The van der Waals surface area contributed by atoms with Crippen LogP contribution in [0.2, 0.25) is 0 Å². The minimum Gasteiger partial charge on any atom is -0.491 e. The Kier molecular flexibility index (Phi) is 4.81. The van der Waals surface area contributed by atoms with Crippen molar-refractivity contribution in [2.45, 2.75) is 32.7 Å². The van der Waals surface area contributed by atoms with Crippen LogP contribution in [0.4, 0.5) is 0 Å². The van der Waals surface area contributed by atoms with E-state index in [0.717, 1.165) is 19.0 Å². The molecule has 1 aliphatic heterocycles. The number of ether oxygens (including phenoxy) is 1. The molecule has 1 fully saturated rings. The van der Waals surface area contributed by atoms with Crippen LogP contribution in [0, 0.1) is 17.2 Å². The van der Waals surface area contributed by atoms with Crippen LogP contribution in [0.5, 0.6) is 5.75 Å². The van der Waals surface area contributed by atoms with Crippen LogP contribution in [0.15, 0.2) is 24.3 Å². The van der Waals surface area contributed by atoms with Crippen molar-refractivity contribution in [3.8, 4) is 11.8 Å². The van der Waals surface area contributed by atoms with Gasteiger partial charge < -0.3 is 4.74 Å². The second-order valence-corrected chi connectivity index (χ2v) is 5.47. The predicted molar refractivity (Wildman–Crippen MR) is 76.1 cm³/mol. The molecule has 2 atom stereocenters. The van der Waals surface area contributed by atoms with Crippen molar-refractivity contribution in [3.05, 3.63) is 29.8 Å². The van der Waals surface area contributed by atoms with Gasteiger partial charge in [0.05, 0.1) is 5.56 Å². The summed E-state index contributed by atoms with van der Waals surface area (Å²) >= 11 is 0. The normalized spacial score (nSPS) is 23.8. The third-order valence-corrected chi connectivity index (χ3v) is 3.92. The number of para-hydroxylation sites is 1. The molecule has 3 heteroatoms. The summed E-state index contributed by atoms with van der Waals surface area (Å²) in [7, 11) is 0. The molecule has 1 heterocycles. The first-order valence-corrected chi connectivity index (χ1v) is 7.06. The van der Waals surface area contributed by atoms with Crippen molar-refractivity contribution < 1.29 is 4.74 Å². The summed E-state index contributed by atoms with van der Waals surface area (Å²) in [5.74, 6) is 1.54. The highest BCUT2D eigenvalue weighted by Gasteiger charge is 2.22. The van der Waals surface area contributed by atoms with Gasteiger partial charge in [-0.15, -0.1) is 0 Å². The maximum Gasteiger partial charge on any atom is 0.137 e. The first-order valence-electron chi connectivity index (χ1n) is 7.06. The Hall–Kier alpha value is -1.53. The van der Waals surface area contributed by atoms with E-state index in [-0.39, 0.29) is 0 Å². The van der Waals surface area contributed by atoms with E-state index >= 15 is 0 Å². The topological polar surface area (TPSA) is 36.3 Å². The van der Waals surface area contributed by atoms with Gasteiger partial charge in [0.15, 0.2) is 0 Å². The zero-order valence-electron chi connectivity index (χ0n) is 11.8. The molecular formula is C16H22N2O. The smallest absolute Gasteiger partial charge is 0.137 e. The Balaban J connectivity index is 1.82. The maximum absolute atomic E-state index is 9.00. The van der Waals surface area contributed by atoms with Crippen LogP contribution in [-0.2, 0) is 0 Å². The van der Waals surface area contributed by atoms with Crippen LogP contribution in [0.1, 0.15) is 32.3 Å². The molecule has 2 rings (SSSR count). The molecule has 0 saturated carbocycles. The molecule has 0 N–H and O–H groups in total. The van der Waals surface area contributed by atoms with Gasteiger partial charge in [0.1, 0.15) is 18.4 Å². The quantitative estimate of drug-likeness (QED) is 0.832. The van der Waals surface area contributed by atoms with Gasteiger partial charge >= 0.3 is 0 Å². The van der Waals surface area contributed by atoms with Crippen molar-refractivity contribution in [2.75, 3.05) is 19.7 Å². The van der Waals surface area contributed by atoms with Crippen molar-refractivity contribution in [1.29, 1.82) is 5.26 Å². The molecule has 0 aromatic heterocycles. The monoisotopic (exact) mass is 258 g/mol.